The molecule has 12 heteroatoms. The second-order valence-electron chi connectivity index (χ2n) is 9.93. The Morgan fingerprint density at radius 2 is 1.52 bits per heavy atom. The molecule has 42 heavy (non-hydrogen) atoms. The number of halogens is 7. The molecule has 0 saturated carbocycles. The van der Waals surface area contributed by atoms with Crippen LogP contribution in [0.2, 0.25) is 10.0 Å². The number of ether oxygens (including phenoxy) is 1. The first-order chi connectivity index (χ1) is 19.6. The largest absolute Gasteiger partial charge is 0.487 e. The van der Waals surface area contributed by atoms with Crippen molar-refractivity contribution in [2.75, 3.05) is 11.9 Å². The Hall–Kier alpha value is -3.50. The van der Waals surface area contributed by atoms with Crippen molar-refractivity contribution >= 4 is 46.4 Å². The first-order valence-corrected chi connectivity index (χ1v) is 13.4. The van der Waals surface area contributed by atoms with E-state index in [2.05, 4.69) is 5.32 Å². The minimum absolute atomic E-state index is 0.0433. The maximum atomic E-state index is 13.2. The van der Waals surface area contributed by atoms with Crippen LogP contribution in [0.4, 0.5) is 27.6 Å². The van der Waals surface area contributed by atoms with E-state index in [1.54, 1.807) is 24.3 Å². The SMILES string of the molecule is CC(C)(C(=O)CCc1ccc(Cl)c(C(=O)Cc2ccc(OCC(F)F)c(C(=O)Nc3ccccc3Cl)c2)c1)C(F)(F)F. The molecule has 0 aliphatic heterocycles. The Bertz CT molecular complexity index is 1470. The van der Waals surface area contributed by atoms with Gasteiger partial charge in [-0.2, -0.15) is 13.2 Å². The van der Waals surface area contributed by atoms with Crippen molar-refractivity contribution in [1.29, 1.82) is 0 Å². The van der Waals surface area contributed by atoms with Crippen LogP contribution in [-0.2, 0) is 17.6 Å². The molecule has 0 unspecified atom stereocenters. The van der Waals surface area contributed by atoms with Gasteiger partial charge in [0.1, 0.15) is 23.6 Å². The molecular formula is C30H26Cl2F5NO4. The van der Waals surface area contributed by atoms with E-state index in [-0.39, 0.29) is 45.5 Å². The summed E-state index contributed by atoms with van der Waals surface area (Å²) in [6.07, 6.45) is -8.20. The Labute approximate surface area is 249 Å². The highest BCUT2D eigenvalue weighted by atomic mass is 35.5. The summed E-state index contributed by atoms with van der Waals surface area (Å²) in [7, 11) is 0. The molecule has 0 radical (unpaired) electrons. The number of para-hydroxylation sites is 1. The molecule has 0 saturated heterocycles. The molecule has 1 amide bonds. The van der Waals surface area contributed by atoms with E-state index in [9.17, 15) is 36.3 Å². The summed E-state index contributed by atoms with van der Waals surface area (Å²) < 4.78 is 70.3. The number of hydrogen-bond acceptors (Lipinski definition) is 4. The van der Waals surface area contributed by atoms with Crippen LogP contribution in [0.3, 0.4) is 0 Å². The standard InChI is InChI=1S/C30H26Cl2F5NO4/c1-29(2,30(35,36)37)26(40)12-9-17-7-10-21(31)19(13-17)24(39)15-18-8-11-25(42-16-27(33)34)20(14-18)28(41)38-23-6-4-3-5-22(23)32/h3-8,10-11,13-14,27H,9,12,15-16H2,1-2H3,(H,38,41). The number of Topliss-reactive ketones (excluding diaryl/α,β-unsaturated/α-hetero) is 2. The minimum Gasteiger partial charge on any atom is -0.487 e. The van der Waals surface area contributed by atoms with E-state index in [1.165, 1.54) is 36.4 Å². The monoisotopic (exact) mass is 629 g/mol. The molecular weight excluding hydrogens is 604 g/mol. The van der Waals surface area contributed by atoms with Gasteiger partial charge in [0.15, 0.2) is 5.78 Å². The Balaban J connectivity index is 1.82. The maximum Gasteiger partial charge on any atom is 0.400 e. The van der Waals surface area contributed by atoms with Gasteiger partial charge < -0.3 is 10.1 Å². The van der Waals surface area contributed by atoms with E-state index >= 15 is 0 Å². The van der Waals surface area contributed by atoms with Gasteiger partial charge in [-0.25, -0.2) is 8.78 Å². The van der Waals surface area contributed by atoms with Crippen LogP contribution >= 0.6 is 23.2 Å². The van der Waals surface area contributed by atoms with Gasteiger partial charge in [0, 0.05) is 18.4 Å². The summed E-state index contributed by atoms with van der Waals surface area (Å²) in [5.74, 6) is -2.33. The third kappa shape index (κ3) is 8.29. The normalized spacial score (nSPS) is 11.9. The molecule has 5 nitrogen and oxygen atoms in total. The predicted octanol–water partition coefficient (Wildman–Crippen LogP) is 8.41. The summed E-state index contributed by atoms with van der Waals surface area (Å²) in [4.78, 5) is 38.5. The lowest BCUT2D eigenvalue weighted by Crippen LogP contribution is -2.39. The number of alkyl halides is 5. The molecule has 1 N–H and O–H groups in total. The van der Waals surface area contributed by atoms with Gasteiger partial charge in [0.05, 0.1) is 21.3 Å². The van der Waals surface area contributed by atoms with Crippen molar-refractivity contribution in [2.45, 2.75) is 45.7 Å². The van der Waals surface area contributed by atoms with Gasteiger partial charge in [0.25, 0.3) is 12.3 Å². The highest BCUT2D eigenvalue weighted by Gasteiger charge is 2.51. The van der Waals surface area contributed by atoms with Gasteiger partial charge in [-0.1, -0.05) is 47.5 Å². The smallest absolute Gasteiger partial charge is 0.400 e. The fourth-order valence-corrected chi connectivity index (χ4v) is 4.25. The topological polar surface area (TPSA) is 72.5 Å². The first kappa shape index (κ1) is 33.0. The molecule has 3 rings (SSSR count). The number of rotatable bonds is 12. The van der Waals surface area contributed by atoms with E-state index in [0.29, 0.717) is 11.1 Å². The van der Waals surface area contributed by atoms with Crippen molar-refractivity contribution in [3.05, 3.63) is 93.0 Å². The lowest BCUT2D eigenvalue weighted by molar-refractivity contribution is -0.210. The lowest BCUT2D eigenvalue weighted by atomic mass is 9.84. The maximum absolute atomic E-state index is 13.2. The molecule has 3 aromatic rings. The molecule has 0 aliphatic rings. The van der Waals surface area contributed by atoms with Gasteiger partial charge in [-0.05, 0) is 67.8 Å². The number of amides is 1. The van der Waals surface area contributed by atoms with Gasteiger partial charge in [0.2, 0.25) is 0 Å². The molecule has 0 aliphatic carbocycles. The fourth-order valence-electron chi connectivity index (χ4n) is 3.85. The van der Waals surface area contributed by atoms with Crippen molar-refractivity contribution in [2.24, 2.45) is 5.41 Å². The van der Waals surface area contributed by atoms with Crippen molar-refractivity contribution in [3.63, 3.8) is 0 Å². The molecule has 0 fully saturated rings. The number of carbonyl (C=O) groups is 3. The van der Waals surface area contributed by atoms with Gasteiger partial charge in [-0.15, -0.1) is 0 Å². The van der Waals surface area contributed by atoms with Crippen molar-refractivity contribution < 1.29 is 41.1 Å². The molecule has 0 spiro atoms. The Morgan fingerprint density at radius 1 is 0.881 bits per heavy atom. The van der Waals surface area contributed by atoms with Crippen LogP contribution in [0.25, 0.3) is 0 Å². The summed E-state index contributed by atoms with van der Waals surface area (Å²) in [5.41, 5.74) is -1.53. The van der Waals surface area contributed by atoms with E-state index in [1.807, 2.05) is 0 Å². The number of ketones is 2. The second kappa shape index (κ2) is 13.6. The van der Waals surface area contributed by atoms with Crippen LogP contribution in [-0.4, -0.2) is 36.7 Å². The number of benzene rings is 3. The minimum atomic E-state index is -4.70. The molecule has 3 aromatic carbocycles. The molecule has 0 atom stereocenters. The van der Waals surface area contributed by atoms with Crippen molar-refractivity contribution in [3.8, 4) is 5.75 Å². The zero-order valence-corrected chi connectivity index (χ0v) is 24.0. The van der Waals surface area contributed by atoms with Crippen LogP contribution in [0.15, 0.2) is 60.7 Å². The first-order valence-electron chi connectivity index (χ1n) is 12.6. The molecule has 224 valence electrons. The highest BCUT2D eigenvalue weighted by Crippen LogP contribution is 2.39. The average molecular weight is 630 g/mol. The van der Waals surface area contributed by atoms with Crippen LogP contribution < -0.4 is 10.1 Å². The summed E-state index contributed by atoms with van der Waals surface area (Å²) >= 11 is 12.3. The fraction of sp³-hybridized carbons (Fsp3) is 0.300. The quantitative estimate of drug-likeness (QED) is 0.161. The number of nitrogens with one attached hydrogen (secondary N) is 1. The summed E-state index contributed by atoms with van der Waals surface area (Å²) in [5, 5.41) is 2.91. The van der Waals surface area contributed by atoms with Crippen LogP contribution in [0.5, 0.6) is 5.75 Å². The number of hydrogen-bond donors (Lipinski definition) is 1. The predicted molar refractivity (Wildman–Crippen MR) is 150 cm³/mol. The van der Waals surface area contributed by atoms with Gasteiger partial charge in [-0.3, -0.25) is 14.4 Å². The number of anilines is 1. The Morgan fingerprint density at radius 3 is 2.17 bits per heavy atom. The van der Waals surface area contributed by atoms with Crippen molar-refractivity contribution in [1.82, 2.24) is 0 Å². The summed E-state index contributed by atoms with van der Waals surface area (Å²) in [6, 6.07) is 14.7. The highest BCUT2D eigenvalue weighted by molar-refractivity contribution is 6.34. The van der Waals surface area contributed by atoms with Crippen LogP contribution in [0.1, 0.15) is 52.1 Å². The van der Waals surface area contributed by atoms with E-state index < -0.39 is 48.5 Å². The zero-order valence-electron chi connectivity index (χ0n) is 22.5. The zero-order chi connectivity index (χ0) is 31.2. The Kier molecular flexibility index (Phi) is 10.7. The summed E-state index contributed by atoms with van der Waals surface area (Å²) in [6.45, 7) is 0.674. The number of aryl methyl sites for hydroxylation is 1. The third-order valence-electron chi connectivity index (χ3n) is 6.52. The molecule has 0 bridgehead atoms. The number of carbonyl (C=O) groups excluding carboxylic acids is 3. The second-order valence-corrected chi connectivity index (χ2v) is 10.7. The lowest BCUT2D eigenvalue weighted by Gasteiger charge is -2.26. The molecule has 0 heterocycles. The molecule has 0 aromatic heterocycles. The van der Waals surface area contributed by atoms with E-state index in [4.69, 9.17) is 27.9 Å². The van der Waals surface area contributed by atoms with Crippen LogP contribution in [0, 0.1) is 5.41 Å². The van der Waals surface area contributed by atoms with E-state index in [0.717, 1.165) is 13.8 Å². The van der Waals surface area contributed by atoms with Gasteiger partial charge >= 0.3 is 6.18 Å². The third-order valence-corrected chi connectivity index (χ3v) is 7.18. The average Bonchev–Trinajstić information content (AvgIpc) is 2.92.